The number of rotatable bonds is 39. The van der Waals surface area contributed by atoms with Crippen molar-refractivity contribution < 1.29 is 57.4 Å². The molecule has 0 spiro atoms. The molecule has 7 atom stereocenters. The van der Waals surface area contributed by atoms with E-state index in [-0.39, 0.29) is 37.9 Å². The van der Waals surface area contributed by atoms with E-state index >= 15 is 0 Å². The number of aliphatic hydroxyl groups excluding tert-OH is 3. The summed E-state index contributed by atoms with van der Waals surface area (Å²) in [5.41, 5.74) is 0. The van der Waals surface area contributed by atoms with Gasteiger partial charge in [-0.3, -0.25) is 14.2 Å². The first-order valence-corrected chi connectivity index (χ1v) is 25.7. The third-order valence-corrected chi connectivity index (χ3v) is 12.1. The molecule has 3 N–H and O–H groups in total. The minimum Gasteiger partial charge on any atom is -0.756 e. The Morgan fingerprint density at radius 2 is 1.27 bits per heavy atom. The molecule has 364 valence electrons. The molecule has 0 aromatic carbocycles. The quantitative estimate of drug-likeness (QED) is 0.0176. The van der Waals surface area contributed by atoms with Crippen LogP contribution in [0, 0.1) is 11.8 Å². The molecule has 1 rings (SSSR count). The molecule has 0 amide bonds. The van der Waals surface area contributed by atoms with Crippen LogP contribution in [0.1, 0.15) is 162 Å². The van der Waals surface area contributed by atoms with Gasteiger partial charge in [0.05, 0.1) is 46.1 Å². The van der Waals surface area contributed by atoms with Crippen molar-refractivity contribution in [3.05, 3.63) is 60.8 Å². The molecule has 63 heavy (non-hydrogen) atoms. The van der Waals surface area contributed by atoms with Crippen LogP contribution in [-0.4, -0.2) is 104 Å². The Bertz CT molecular complexity index is 1370. The fraction of sp³-hybridized carbons (Fsp3) is 0.760. The highest BCUT2D eigenvalue weighted by atomic mass is 31.2. The zero-order valence-electron chi connectivity index (χ0n) is 39.8. The van der Waals surface area contributed by atoms with Gasteiger partial charge in [0.1, 0.15) is 19.8 Å². The fourth-order valence-corrected chi connectivity index (χ4v) is 7.99. The average molecular weight is 910 g/mol. The molecule has 1 aliphatic rings. The Morgan fingerprint density at radius 3 is 1.89 bits per heavy atom. The first kappa shape index (κ1) is 58.6. The zero-order valence-corrected chi connectivity index (χ0v) is 40.7. The van der Waals surface area contributed by atoms with Gasteiger partial charge in [0, 0.05) is 25.2 Å². The van der Waals surface area contributed by atoms with Crippen LogP contribution in [0.25, 0.3) is 0 Å². The normalized spacial score (nSPS) is 20.5. The van der Waals surface area contributed by atoms with E-state index in [4.69, 9.17) is 18.5 Å². The van der Waals surface area contributed by atoms with Crippen LogP contribution < -0.4 is 4.89 Å². The molecule has 1 saturated carbocycles. The summed E-state index contributed by atoms with van der Waals surface area (Å²) in [5.74, 6) is -1.33. The summed E-state index contributed by atoms with van der Waals surface area (Å²) in [5, 5.41) is 31.5. The van der Waals surface area contributed by atoms with E-state index in [9.17, 15) is 34.4 Å². The summed E-state index contributed by atoms with van der Waals surface area (Å²) in [6, 6.07) is 0. The number of quaternary nitrogens is 1. The minimum absolute atomic E-state index is 0.0774. The Balaban J connectivity index is 2.46. The van der Waals surface area contributed by atoms with Crippen molar-refractivity contribution in [1.29, 1.82) is 0 Å². The van der Waals surface area contributed by atoms with Crippen molar-refractivity contribution in [1.82, 2.24) is 0 Å². The first-order valence-electron chi connectivity index (χ1n) is 24.3. The highest BCUT2D eigenvalue weighted by molar-refractivity contribution is 7.45. The van der Waals surface area contributed by atoms with Gasteiger partial charge in [0.2, 0.25) is 0 Å². The highest BCUT2D eigenvalue weighted by Crippen LogP contribution is 2.39. The van der Waals surface area contributed by atoms with Crippen LogP contribution in [0.2, 0.25) is 0 Å². The van der Waals surface area contributed by atoms with E-state index < -0.39 is 50.8 Å². The summed E-state index contributed by atoms with van der Waals surface area (Å²) in [7, 11) is 1.01. The molecular formula is C50H88NO11P. The Morgan fingerprint density at radius 1 is 0.714 bits per heavy atom. The van der Waals surface area contributed by atoms with Gasteiger partial charge in [0.25, 0.3) is 7.82 Å². The van der Waals surface area contributed by atoms with Gasteiger partial charge in [-0.15, -0.1) is 0 Å². The standard InChI is InChI=1S/C50H88NO11P/c1-6-8-10-11-12-13-14-15-16-17-18-19-20-21-22-23-24-25-30-34-49(55)59-41-44(42-61-63(57,58)60-39-38-51(3,4)5)62-50(56)35-31-27-26-29-33-45-46(48(54)40-47(45)53)37-36-43(52)32-28-9-7-2/h12-13,15-16,18-19,21-22,36-37,43-48,52-54H,6-11,14,17,20,23-35,38-42H2,1-5H3/b13-12-,16-15-,19-18-,22-21-,37-36+/t43-,44+,45+,46+,47-,48+/m0/s1. The second-order valence-electron chi connectivity index (χ2n) is 18.1. The number of ether oxygens (including phenoxy) is 2. The monoisotopic (exact) mass is 910 g/mol. The molecule has 1 unspecified atom stereocenters. The summed E-state index contributed by atoms with van der Waals surface area (Å²) < 4.78 is 33.9. The number of phosphoric ester groups is 1. The number of hydrogen-bond donors (Lipinski definition) is 3. The molecule has 0 aromatic heterocycles. The van der Waals surface area contributed by atoms with Crippen molar-refractivity contribution in [3.8, 4) is 0 Å². The molecule has 1 aliphatic carbocycles. The van der Waals surface area contributed by atoms with E-state index in [2.05, 4.69) is 62.5 Å². The maximum Gasteiger partial charge on any atom is 0.306 e. The zero-order chi connectivity index (χ0) is 46.6. The SMILES string of the molecule is CCCCC/C=C\C/C=C\C/C=C\C/C=C\CCCCCC(=O)OC[C@H](COP(=O)([O-])OCC[N+](C)(C)C)OC(=O)CCCCCC[C@@H]1[C@@H](/C=C/[C@@H](O)CCCCC)[C@H](O)C[C@@H]1O. The number of likely N-dealkylation sites (N-methyl/N-ethyl adjacent to an activating group) is 1. The van der Waals surface area contributed by atoms with Crippen LogP contribution in [0.15, 0.2) is 60.8 Å². The van der Waals surface area contributed by atoms with Crippen LogP contribution in [0.3, 0.4) is 0 Å². The Kier molecular flexibility index (Phi) is 34.2. The predicted molar refractivity (Wildman–Crippen MR) is 251 cm³/mol. The molecule has 13 heteroatoms. The summed E-state index contributed by atoms with van der Waals surface area (Å²) in [6.07, 6.45) is 37.4. The molecule has 12 nitrogen and oxygen atoms in total. The second kappa shape index (κ2) is 36.8. The number of phosphoric acid groups is 1. The van der Waals surface area contributed by atoms with E-state index in [0.717, 1.165) is 77.0 Å². The van der Waals surface area contributed by atoms with Crippen LogP contribution >= 0.6 is 7.82 Å². The van der Waals surface area contributed by atoms with Gasteiger partial charge in [0.15, 0.2) is 6.10 Å². The highest BCUT2D eigenvalue weighted by Gasteiger charge is 2.39. The Labute approximate surface area is 382 Å². The van der Waals surface area contributed by atoms with Crippen LogP contribution in [0.5, 0.6) is 0 Å². The number of carbonyl (C=O) groups excluding carboxylic acids is 2. The molecule has 0 aliphatic heterocycles. The lowest BCUT2D eigenvalue weighted by Crippen LogP contribution is -2.37. The van der Waals surface area contributed by atoms with E-state index in [1.807, 2.05) is 27.2 Å². The van der Waals surface area contributed by atoms with E-state index in [1.165, 1.54) is 25.7 Å². The third kappa shape index (κ3) is 33.7. The maximum atomic E-state index is 12.8. The topological polar surface area (TPSA) is 172 Å². The Hall–Kier alpha value is -2.41. The van der Waals surface area contributed by atoms with Gasteiger partial charge in [-0.2, -0.15) is 0 Å². The lowest BCUT2D eigenvalue weighted by atomic mass is 9.88. The number of carbonyl (C=O) groups is 2. The lowest BCUT2D eigenvalue weighted by Gasteiger charge is -2.28. The van der Waals surface area contributed by atoms with Gasteiger partial charge < -0.3 is 43.2 Å². The summed E-state index contributed by atoms with van der Waals surface area (Å²) >= 11 is 0. The fourth-order valence-electron chi connectivity index (χ4n) is 7.26. The average Bonchev–Trinajstić information content (AvgIpc) is 3.50. The molecular weight excluding hydrogens is 822 g/mol. The van der Waals surface area contributed by atoms with Gasteiger partial charge in [-0.05, 0) is 76.5 Å². The smallest absolute Gasteiger partial charge is 0.306 e. The van der Waals surface area contributed by atoms with Crippen molar-refractivity contribution in [3.63, 3.8) is 0 Å². The van der Waals surface area contributed by atoms with Gasteiger partial charge >= 0.3 is 11.9 Å². The molecule has 1 fully saturated rings. The summed E-state index contributed by atoms with van der Waals surface area (Å²) in [4.78, 5) is 37.9. The molecule has 0 heterocycles. The number of hydrogen-bond acceptors (Lipinski definition) is 11. The number of unbranched alkanes of at least 4 members (excludes halogenated alkanes) is 11. The molecule has 0 aromatic rings. The van der Waals surface area contributed by atoms with Gasteiger partial charge in [-0.1, -0.05) is 132 Å². The second-order valence-corrected chi connectivity index (χ2v) is 19.5. The first-order chi connectivity index (χ1) is 30.2. The third-order valence-electron chi connectivity index (χ3n) is 11.1. The molecule has 0 bridgehead atoms. The predicted octanol–water partition coefficient (Wildman–Crippen LogP) is 9.77. The van der Waals surface area contributed by atoms with E-state index in [1.54, 1.807) is 6.08 Å². The molecule has 0 radical (unpaired) electrons. The number of nitrogens with zero attached hydrogens (tertiary/aromatic N) is 1. The number of aliphatic hydroxyl groups is 3. The number of esters is 2. The number of allylic oxidation sites excluding steroid dienone is 8. The van der Waals surface area contributed by atoms with E-state index in [0.29, 0.717) is 43.1 Å². The summed E-state index contributed by atoms with van der Waals surface area (Å²) in [6.45, 7) is 3.81. The van der Waals surface area contributed by atoms with Crippen LogP contribution in [0.4, 0.5) is 0 Å². The van der Waals surface area contributed by atoms with Crippen molar-refractivity contribution >= 4 is 19.8 Å². The van der Waals surface area contributed by atoms with Crippen molar-refractivity contribution in [2.45, 2.75) is 186 Å². The largest absolute Gasteiger partial charge is 0.756 e. The maximum absolute atomic E-state index is 12.8. The van der Waals surface area contributed by atoms with Gasteiger partial charge in [-0.25, -0.2) is 0 Å². The molecule has 0 saturated heterocycles. The minimum atomic E-state index is -4.70. The van der Waals surface area contributed by atoms with Crippen molar-refractivity contribution in [2.24, 2.45) is 11.8 Å². The lowest BCUT2D eigenvalue weighted by molar-refractivity contribution is -0.870. The van der Waals surface area contributed by atoms with Crippen molar-refractivity contribution in [2.75, 3.05) is 47.5 Å². The van der Waals surface area contributed by atoms with Crippen LogP contribution in [-0.2, 0) is 32.7 Å².